The molecular weight excluding hydrogens is 326 g/mol. The molecule has 5 nitrogen and oxygen atoms in total. The average molecular weight is 337 g/mol. The van der Waals surface area contributed by atoms with Crippen LogP contribution in [0.1, 0.15) is 10.4 Å². The molecule has 0 fully saturated rings. The lowest BCUT2D eigenvalue weighted by molar-refractivity contribution is 0.970. The number of benzene rings is 1. The van der Waals surface area contributed by atoms with Gasteiger partial charge in [-0.05, 0) is 23.6 Å². The average Bonchev–Trinajstić information content (AvgIpc) is 3.30. The third-order valence-electron chi connectivity index (χ3n) is 3.39. The molecule has 4 aromatic rings. The van der Waals surface area contributed by atoms with Crippen LogP contribution in [0.4, 0.5) is 5.13 Å². The van der Waals surface area contributed by atoms with Gasteiger partial charge in [0.25, 0.3) is 0 Å². The molecule has 23 heavy (non-hydrogen) atoms. The number of aromatic nitrogens is 3. The van der Waals surface area contributed by atoms with Gasteiger partial charge in [-0.25, -0.2) is 9.50 Å². The molecule has 0 spiro atoms. The summed E-state index contributed by atoms with van der Waals surface area (Å²) < 4.78 is 1.84. The maximum Gasteiger partial charge on any atom is 0.214 e. The molecule has 0 aliphatic rings. The van der Waals surface area contributed by atoms with E-state index in [1.807, 2.05) is 28.9 Å². The lowest BCUT2D eigenvalue weighted by Gasteiger charge is -2.00. The number of imidazole rings is 1. The molecule has 0 saturated heterocycles. The number of hydrogen-bond acceptors (Lipinski definition) is 6. The van der Waals surface area contributed by atoms with Crippen LogP contribution in [-0.4, -0.2) is 14.6 Å². The molecule has 4 rings (SSSR count). The minimum atomic E-state index is 0.645. The number of nitriles is 1. The topological polar surface area (TPSA) is 66.0 Å². The molecule has 0 saturated carbocycles. The van der Waals surface area contributed by atoms with Crippen LogP contribution < -0.4 is 5.32 Å². The lowest BCUT2D eigenvalue weighted by Crippen LogP contribution is -1.98. The molecule has 0 radical (unpaired) electrons. The zero-order valence-corrected chi connectivity index (χ0v) is 13.6. The molecule has 0 bridgehead atoms. The third-order valence-corrected chi connectivity index (χ3v) is 5.15. The van der Waals surface area contributed by atoms with Gasteiger partial charge in [-0.1, -0.05) is 29.5 Å². The van der Waals surface area contributed by atoms with E-state index in [-0.39, 0.29) is 0 Å². The Morgan fingerprint density at radius 1 is 1.22 bits per heavy atom. The van der Waals surface area contributed by atoms with Crippen molar-refractivity contribution in [1.29, 1.82) is 5.26 Å². The molecule has 0 amide bonds. The van der Waals surface area contributed by atoms with Crippen molar-refractivity contribution in [1.82, 2.24) is 14.6 Å². The molecule has 3 aromatic heterocycles. The summed E-state index contributed by atoms with van der Waals surface area (Å²) in [4.78, 5) is 6.53. The van der Waals surface area contributed by atoms with Gasteiger partial charge < -0.3 is 5.32 Å². The van der Waals surface area contributed by atoms with E-state index in [4.69, 9.17) is 5.26 Å². The minimum Gasteiger partial charge on any atom is -0.355 e. The zero-order valence-electron chi connectivity index (χ0n) is 11.9. The van der Waals surface area contributed by atoms with Crippen molar-refractivity contribution in [2.75, 3.05) is 5.32 Å². The molecule has 7 heteroatoms. The van der Waals surface area contributed by atoms with Crippen molar-refractivity contribution in [3.63, 3.8) is 0 Å². The molecular formula is C16H11N5S2. The van der Waals surface area contributed by atoms with Crippen LogP contribution in [0.3, 0.4) is 0 Å². The standard InChI is InChI=1S/C16H11N5S2/c17-8-11-3-5-12(6-4-11)14-10-19-16-21(14)20-15(23-16)18-9-13-2-1-7-22-13/h1-7,10H,9H2,(H,18,20). The summed E-state index contributed by atoms with van der Waals surface area (Å²) in [6, 6.07) is 13.7. The van der Waals surface area contributed by atoms with Crippen LogP contribution in [0.25, 0.3) is 16.2 Å². The van der Waals surface area contributed by atoms with Crippen LogP contribution in [0.5, 0.6) is 0 Å². The Labute approximate surface area is 140 Å². The summed E-state index contributed by atoms with van der Waals surface area (Å²) in [6.45, 7) is 0.764. The molecule has 0 unspecified atom stereocenters. The SMILES string of the molecule is N#Cc1ccc(-c2cnc3sc(NCc4cccs4)nn23)cc1. The van der Waals surface area contributed by atoms with E-state index in [9.17, 15) is 0 Å². The van der Waals surface area contributed by atoms with Gasteiger partial charge in [0.2, 0.25) is 10.1 Å². The fourth-order valence-electron chi connectivity index (χ4n) is 2.25. The van der Waals surface area contributed by atoms with Gasteiger partial charge in [0.1, 0.15) is 0 Å². The summed E-state index contributed by atoms with van der Waals surface area (Å²) in [5.41, 5.74) is 2.56. The number of anilines is 1. The molecule has 112 valence electrons. The molecule has 1 N–H and O–H groups in total. The van der Waals surface area contributed by atoms with E-state index < -0.39 is 0 Å². The van der Waals surface area contributed by atoms with Crippen LogP contribution in [0.2, 0.25) is 0 Å². The van der Waals surface area contributed by atoms with Crippen LogP contribution in [0, 0.1) is 11.3 Å². The number of fused-ring (bicyclic) bond motifs is 1. The summed E-state index contributed by atoms with van der Waals surface area (Å²) >= 11 is 3.24. The Kier molecular flexibility index (Phi) is 3.54. The second kappa shape index (κ2) is 5.83. The number of hydrogen-bond donors (Lipinski definition) is 1. The maximum atomic E-state index is 8.89. The normalized spacial score (nSPS) is 10.7. The number of rotatable bonds is 4. The molecule has 0 aliphatic carbocycles. The summed E-state index contributed by atoms with van der Waals surface area (Å²) in [5.74, 6) is 0. The van der Waals surface area contributed by atoms with E-state index >= 15 is 0 Å². The maximum absolute atomic E-state index is 8.89. The molecule has 0 atom stereocenters. The fourth-order valence-corrected chi connectivity index (χ4v) is 3.67. The molecule has 1 aromatic carbocycles. The Morgan fingerprint density at radius 2 is 2.09 bits per heavy atom. The first-order chi connectivity index (χ1) is 11.3. The monoisotopic (exact) mass is 337 g/mol. The number of nitrogens with one attached hydrogen (secondary N) is 1. The van der Waals surface area contributed by atoms with E-state index in [1.165, 1.54) is 16.2 Å². The van der Waals surface area contributed by atoms with Gasteiger partial charge >= 0.3 is 0 Å². The first-order valence-corrected chi connectivity index (χ1v) is 8.64. The van der Waals surface area contributed by atoms with Gasteiger partial charge in [0, 0.05) is 10.4 Å². The first-order valence-electron chi connectivity index (χ1n) is 6.95. The van der Waals surface area contributed by atoms with Crippen LogP contribution >= 0.6 is 22.7 Å². The Balaban J connectivity index is 1.62. The second-order valence-electron chi connectivity index (χ2n) is 4.87. The predicted molar refractivity (Wildman–Crippen MR) is 92.7 cm³/mol. The van der Waals surface area contributed by atoms with E-state index in [1.54, 1.807) is 23.5 Å². The minimum absolute atomic E-state index is 0.645. The zero-order chi connectivity index (χ0) is 15.6. The number of nitrogens with zero attached hydrogens (tertiary/aromatic N) is 4. The van der Waals surface area contributed by atoms with Gasteiger partial charge in [-0.3, -0.25) is 0 Å². The first kappa shape index (κ1) is 13.9. The summed E-state index contributed by atoms with van der Waals surface area (Å²) in [5, 5.41) is 19.7. The van der Waals surface area contributed by atoms with E-state index in [0.29, 0.717) is 5.56 Å². The van der Waals surface area contributed by atoms with Crippen molar-refractivity contribution in [3.8, 4) is 17.3 Å². The smallest absolute Gasteiger partial charge is 0.214 e. The highest BCUT2D eigenvalue weighted by Crippen LogP contribution is 2.26. The predicted octanol–water partition coefficient (Wildman–Crippen LogP) is 4.00. The Bertz CT molecular complexity index is 974. The summed E-state index contributed by atoms with van der Waals surface area (Å²) in [7, 11) is 0. The Morgan fingerprint density at radius 3 is 2.83 bits per heavy atom. The second-order valence-corrected chi connectivity index (χ2v) is 6.86. The Hall–Kier alpha value is -2.69. The van der Waals surface area contributed by atoms with Crippen molar-refractivity contribution in [2.24, 2.45) is 0 Å². The fraction of sp³-hybridized carbons (Fsp3) is 0.0625. The highest BCUT2D eigenvalue weighted by molar-refractivity contribution is 7.20. The van der Waals surface area contributed by atoms with Crippen molar-refractivity contribution in [2.45, 2.75) is 6.54 Å². The molecule has 3 heterocycles. The van der Waals surface area contributed by atoms with Crippen molar-refractivity contribution >= 4 is 32.8 Å². The van der Waals surface area contributed by atoms with Crippen molar-refractivity contribution in [3.05, 3.63) is 58.4 Å². The van der Waals surface area contributed by atoms with Crippen molar-refractivity contribution < 1.29 is 0 Å². The van der Waals surface area contributed by atoms with Crippen LogP contribution in [-0.2, 0) is 6.54 Å². The largest absolute Gasteiger partial charge is 0.355 e. The highest BCUT2D eigenvalue weighted by Gasteiger charge is 2.11. The van der Waals surface area contributed by atoms with Gasteiger partial charge in [0.15, 0.2) is 0 Å². The quantitative estimate of drug-likeness (QED) is 0.611. The lowest BCUT2D eigenvalue weighted by atomic mass is 10.1. The van der Waals surface area contributed by atoms with E-state index in [2.05, 4.69) is 32.9 Å². The highest BCUT2D eigenvalue weighted by atomic mass is 32.1. The van der Waals surface area contributed by atoms with Gasteiger partial charge in [0.05, 0.1) is 30.1 Å². The van der Waals surface area contributed by atoms with Gasteiger partial charge in [-0.2, -0.15) is 5.26 Å². The number of thiophene rings is 1. The van der Waals surface area contributed by atoms with Crippen LogP contribution in [0.15, 0.2) is 48.0 Å². The van der Waals surface area contributed by atoms with E-state index in [0.717, 1.165) is 27.9 Å². The third kappa shape index (κ3) is 2.70. The van der Waals surface area contributed by atoms with Gasteiger partial charge in [-0.15, -0.1) is 16.4 Å². The molecule has 0 aliphatic heterocycles. The summed E-state index contributed by atoms with van der Waals surface area (Å²) in [6.07, 6.45) is 1.81.